The molecule has 0 N–H and O–H groups in total. The number of nitrogens with zero attached hydrogens (tertiary/aromatic N) is 3. The molecule has 0 bridgehead atoms. The molecule has 0 amide bonds. The Morgan fingerprint density at radius 2 is 1.57 bits per heavy atom. The number of ether oxygens (including phenoxy) is 1. The summed E-state index contributed by atoms with van der Waals surface area (Å²) < 4.78 is 5.74. The van der Waals surface area contributed by atoms with Crippen molar-refractivity contribution in [1.82, 2.24) is 15.0 Å². The van der Waals surface area contributed by atoms with Crippen LogP contribution in [0.3, 0.4) is 0 Å². The largest absolute Gasteiger partial charge is 0.494 e. The molecule has 122 valence electrons. The van der Waals surface area contributed by atoms with Gasteiger partial charge in [0, 0.05) is 0 Å². The molecule has 23 heavy (non-hydrogen) atoms. The van der Waals surface area contributed by atoms with Crippen LogP contribution in [0.5, 0.6) is 5.75 Å². The maximum absolute atomic E-state index is 5.74. The molecule has 4 heteroatoms. The summed E-state index contributed by atoms with van der Waals surface area (Å²) in [5.41, 5.74) is 1.10. The molecule has 1 aromatic carbocycles. The summed E-state index contributed by atoms with van der Waals surface area (Å²) >= 11 is 0. The molecule has 0 saturated heterocycles. The molecule has 0 radical (unpaired) electrons. The zero-order chi connectivity index (χ0) is 16.5. The van der Waals surface area contributed by atoms with Crippen molar-refractivity contribution in [3.8, 4) is 5.75 Å². The standard InChI is InChI=1S/C19H25N3O/c1-4-5-6-7-14-23-18-11-8-17(9-12-18)10-13-19-21-15(2)20-16(3)22-19/h8-13H,4-7,14H2,1-3H3/b13-10+. The van der Waals surface area contributed by atoms with Gasteiger partial charge in [0.1, 0.15) is 17.4 Å². The van der Waals surface area contributed by atoms with Gasteiger partial charge >= 0.3 is 0 Å². The summed E-state index contributed by atoms with van der Waals surface area (Å²) in [6.45, 7) is 6.75. The Morgan fingerprint density at radius 1 is 0.870 bits per heavy atom. The molecule has 0 saturated carbocycles. The first-order chi connectivity index (χ1) is 11.2. The van der Waals surface area contributed by atoms with Crippen LogP contribution < -0.4 is 4.74 Å². The Labute approximate surface area is 138 Å². The molecule has 0 atom stereocenters. The summed E-state index contributed by atoms with van der Waals surface area (Å²) in [5, 5.41) is 0. The Morgan fingerprint density at radius 3 is 2.22 bits per heavy atom. The fraction of sp³-hybridized carbons (Fsp3) is 0.421. The number of rotatable bonds is 8. The highest BCUT2D eigenvalue weighted by Gasteiger charge is 1.97. The van der Waals surface area contributed by atoms with Crippen LogP contribution in [0.25, 0.3) is 12.2 Å². The van der Waals surface area contributed by atoms with Gasteiger partial charge in [0.2, 0.25) is 0 Å². The smallest absolute Gasteiger partial charge is 0.156 e. The monoisotopic (exact) mass is 311 g/mol. The van der Waals surface area contributed by atoms with Crippen molar-refractivity contribution in [2.45, 2.75) is 46.5 Å². The number of benzene rings is 1. The van der Waals surface area contributed by atoms with E-state index in [1.54, 1.807) is 0 Å². The number of aromatic nitrogens is 3. The second kappa shape index (κ2) is 9.03. The van der Waals surface area contributed by atoms with E-state index in [1.807, 2.05) is 50.3 Å². The van der Waals surface area contributed by atoms with Crippen LogP contribution in [-0.2, 0) is 0 Å². The number of hydrogen-bond acceptors (Lipinski definition) is 4. The first-order valence-electron chi connectivity index (χ1n) is 8.27. The maximum atomic E-state index is 5.74. The fourth-order valence-corrected chi connectivity index (χ4v) is 2.28. The van der Waals surface area contributed by atoms with Gasteiger partial charge in [-0.25, -0.2) is 15.0 Å². The maximum Gasteiger partial charge on any atom is 0.156 e. The summed E-state index contributed by atoms with van der Waals surface area (Å²) in [7, 11) is 0. The number of unbranched alkanes of at least 4 members (excludes halogenated alkanes) is 3. The van der Waals surface area contributed by atoms with Crippen molar-refractivity contribution in [1.29, 1.82) is 0 Å². The van der Waals surface area contributed by atoms with Crippen molar-refractivity contribution in [3.05, 3.63) is 47.3 Å². The average Bonchev–Trinajstić information content (AvgIpc) is 2.53. The van der Waals surface area contributed by atoms with Crippen LogP contribution in [0.1, 0.15) is 55.6 Å². The van der Waals surface area contributed by atoms with Crippen LogP contribution >= 0.6 is 0 Å². The predicted octanol–water partition coefficient (Wildman–Crippen LogP) is 4.62. The lowest BCUT2D eigenvalue weighted by molar-refractivity contribution is 0.305. The minimum absolute atomic E-state index is 0.686. The van der Waals surface area contributed by atoms with E-state index in [0.717, 1.165) is 36.0 Å². The van der Waals surface area contributed by atoms with Gasteiger partial charge in [-0.2, -0.15) is 0 Å². The number of aryl methyl sites for hydroxylation is 2. The average molecular weight is 311 g/mol. The lowest BCUT2D eigenvalue weighted by Gasteiger charge is -2.06. The van der Waals surface area contributed by atoms with Crippen molar-refractivity contribution in [2.75, 3.05) is 6.61 Å². The van der Waals surface area contributed by atoms with E-state index >= 15 is 0 Å². The molecule has 0 aliphatic heterocycles. The molecule has 0 unspecified atom stereocenters. The van der Waals surface area contributed by atoms with Crippen molar-refractivity contribution in [3.63, 3.8) is 0 Å². The van der Waals surface area contributed by atoms with Gasteiger partial charge in [-0.15, -0.1) is 0 Å². The molecule has 0 fully saturated rings. The van der Waals surface area contributed by atoms with Gasteiger partial charge < -0.3 is 4.74 Å². The molecule has 0 spiro atoms. The van der Waals surface area contributed by atoms with Gasteiger partial charge in [0.25, 0.3) is 0 Å². The highest BCUT2D eigenvalue weighted by atomic mass is 16.5. The molecular weight excluding hydrogens is 286 g/mol. The Bertz CT molecular complexity index is 615. The lowest BCUT2D eigenvalue weighted by atomic mass is 10.2. The van der Waals surface area contributed by atoms with E-state index < -0.39 is 0 Å². The zero-order valence-corrected chi connectivity index (χ0v) is 14.2. The third kappa shape index (κ3) is 6.19. The van der Waals surface area contributed by atoms with Crippen LogP contribution in [0.2, 0.25) is 0 Å². The molecular formula is C19H25N3O. The molecule has 1 heterocycles. The normalized spacial score (nSPS) is 11.1. The summed E-state index contributed by atoms with van der Waals surface area (Å²) in [6.07, 6.45) is 8.79. The third-order valence-corrected chi connectivity index (χ3v) is 3.45. The Balaban J connectivity index is 1.88. The molecule has 1 aromatic heterocycles. The van der Waals surface area contributed by atoms with Crippen LogP contribution in [0.15, 0.2) is 24.3 Å². The second-order valence-electron chi connectivity index (χ2n) is 5.60. The molecule has 4 nitrogen and oxygen atoms in total. The van der Waals surface area contributed by atoms with E-state index in [1.165, 1.54) is 19.3 Å². The fourth-order valence-electron chi connectivity index (χ4n) is 2.28. The van der Waals surface area contributed by atoms with Crippen LogP contribution in [0, 0.1) is 13.8 Å². The topological polar surface area (TPSA) is 47.9 Å². The second-order valence-corrected chi connectivity index (χ2v) is 5.60. The first kappa shape index (κ1) is 17.1. The zero-order valence-electron chi connectivity index (χ0n) is 14.2. The highest BCUT2D eigenvalue weighted by Crippen LogP contribution is 2.14. The van der Waals surface area contributed by atoms with E-state index in [-0.39, 0.29) is 0 Å². The van der Waals surface area contributed by atoms with Crippen LogP contribution in [-0.4, -0.2) is 21.6 Å². The Hall–Kier alpha value is -2.23. The van der Waals surface area contributed by atoms with Gasteiger partial charge in [-0.1, -0.05) is 44.4 Å². The minimum Gasteiger partial charge on any atom is -0.494 e. The van der Waals surface area contributed by atoms with Crippen LogP contribution in [0.4, 0.5) is 0 Å². The summed E-state index contributed by atoms with van der Waals surface area (Å²) in [6, 6.07) is 8.09. The highest BCUT2D eigenvalue weighted by molar-refractivity contribution is 5.66. The van der Waals surface area contributed by atoms with Crippen molar-refractivity contribution < 1.29 is 4.74 Å². The van der Waals surface area contributed by atoms with Gasteiger partial charge in [0.15, 0.2) is 5.82 Å². The molecule has 2 aromatic rings. The van der Waals surface area contributed by atoms with E-state index in [4.69, 9.17) is 4.74 Å². The predicted molar refractivity (Wildman–Crippen MR) is 94.3 cm³/mol. The lowest BCUT2D eigenvalue weighted by Crippen LogP contribution is -1.98. The van der Waals surface area contributed by atoms with Gasteiger partial charge in [-0.3, -0.25) is 0 Å². The minimum atomic E-state index is 0.686. The first-order valence-corrected chi connectivity index (χ1v) is 8.27. The van der Waals surface area contributed by atoms with Crippen molar-refractivity contribution >= 4 is 12.2 Å². The number of hydrogen-bond donors (Lipinski definition) is 0. The van der Waals surface area contributed by atoms with E-state index in [2.05, 4.69) is 21.9 Å². The Kier molecular flexibility index (Phi) is 6.73. The quantitative estimate of drug-likeness (QED) is 0.667. The SMILES string of the molecule is CCCCCCOc1ccc(/C=C/c2nc(C)nc(C)n2)cc1. The van der Waals surface area contributed by atoms with E-state index in [0.29, 0.717) is 5.82 Å². The molecule has 2 rings (SSSR count). The molecule has 0 aliphatic rings. The third-order valence-electron chi connectivity index (χ3n) is 3.45. The van der Waals surface area contributed by atoms with Gasteiger partial charge in [-0.05, 0) is 44.0 Å². The van der Waals surface area contributed by atoms with Crippen molar-refractivity contribution in [2.24, 2.45) is 0 Å². The van der Waals surface area contributed by atoms with E-state index in [9.17, 15) is 0 Å². The van der Waals surface area contributed by atoms with Gasteiger partial charge in [0.05, 0.1) is 6.61 Å². The molecule has 0 aliphatic carbocycles. The summed E-state index contributed by atoms with van der Waals surface area (Å²) in [5.74, 6) is 3.09. The summed E-state index contributed by atoms with van der Waals surface area (Å²) in [4.78, 5) is 12.8.